The number of fused-ring (bicyclic) bond motifs is 1. The zero-order valence-corrected chi connectivity index (χ0v) is 19.2. The summed E-state index contributed by atoms with van der Waals surface area (Å²) in [4.78, 5) is 2.55. The Morgan fingerprint density at radius 2 is 1.67 bits per heavy atom. The summed E-state index contributed by atoms with van der Waals surface area (Å²) in [6.45, 7) is 4.95. The van der Waals surface area contributed by atoms with Crippen LogP contribution in [0.3, 0.4) is 0 Å². The smallest absolute Gasteiger partial charge is 0.123 e. The molecule has 0 aliphatic carbocycles. The second-order valence-corrected chi connectivity index (χ2v) is 9.20. The van der Waals surface area contributed by atoms with Crippen LogP contribution in [0.2, 0.25) is 0 Å². The van der Waals surface area contributed by atoms with Gasteiger partial charge in [-0.1, -0.05) is 48.9 Å². The fourth-order valence-electron chi connectivity index (χ4n) is 5.24. The van der Waals surface area contributed by atoms with Crippen molar-refractivity contribution in [1.29, 1.82) is 0 Å². The van der Waals surface area contributed by atoms with E-state index in [9.17, 15) is 5.11 Å². The second kappa shape index (κ2) is 10.3. The largest absolute Gasteiger partial charge is 0.508 e. The van der Waals surface area contributed by atoms with Gasteiger partial charge in [0.2, 0.25) is 0 Å². The molecule has 0 spiro atoms. The molecule has 0 unspecified atom stereocenters. The topological polar surface area (TPSA) is 41.9 Å². The summed E-state index contributed by atoms with van der Waals surface area (Å²) >= 11 is 0. The highest BCUT2D eigenvalue weighted by molar-refractivity contribution is 5.51. The fraction of sp³-hybridized carbons (Fsp3) is 0.379. The van der Waals surface area contributed by atoms with Crippen molar-refractivity contribution in [3.63, 3.8) is 0 Å². The SMILES string of the molecule is Oc1ccc2c(c1)[C@H](c1ccc(OCCCN3CCCCC3)cc1)[C@@H](c1ccccc1)CO2. The van der Waals surface area contributed by atoms with Gasteiger partial charge in [-0.05, 0) is 73.8 Å². The van der Waals surface area contributed by atoms with Crippen LogP contribution in [0.5, 0.6) is 17.2 Å². The van der Waals surface area contributed by atoms with Crippen LogP contribution in [0.25, 0.3) is 0 Å². The molecule has 1 fully saturated rings. The average molecular weight is 444 g/mol. The molecule has 0 amide bonds. The first-order valence-corrected chi connectivity index (χ1v) is 12.2. The van der Waals surface area contributed by atoms with Crippen LogP contribution in [0, 0.1) is 0 Å². The monoisotopic (exact) mass is 443 g/mol. The third-order valence-electron chi connectivity index (χ3n) is 6.95. The molecule has 3 aromatic rings. The van der Waals surface area contributed by atoms with E-state index in [0.29, 0.717) is 6.61 Å². The van der Waals surface area contributed by atoms with Crippen LogP contribution in [-0.2, 0) is 0 Å². The molecule has 2 atom stereocenters. The number of aromatic hydroxyl groups is 1. The number of hydrogen-bond acceptors (Lipinski definition) is 4. The molecule has 0 saturated carbocycles. The van der Waals surface area contributed by atoms with E-state index in [1.54, 1.807) is 6.07 Å². The number of phenols is 1. The minimum absolute atomic E-state index is 0.108. The van der Waals surface area contributed by atoms with E-state index in [1.807, 2.05) is 18.2 Å². The van der Waals surface area contributed by atoms with Crippen LogP contribution >= 0.6 is 0 Å². The van der Waals surface area contributed by atoms with Crippen molar-refractivity contribution in [1.82, 2.24) is 4.90 Å². The number of rotatable bonds is 7. The maximum atomic E-state index is 10.2. The quantitative estimate of drug-likeness (QED) is 0.458. The molecule has 5 rings (SSSR count). The molecule has 1 N–H and O–H groups in total. The minimum atomic E-state index is 0.108. The van der Waals surface area contributed by atoms with E-state index in [1.165, 1.54) is 43.5 Å². The minimum Gasteiger partial charge on any atom is -0.508 e. The van der Waals surface area contributed by atoms with E-state index in [-0.39, 0.29) is 17.6 Å². The van der Waals surface area contributed by atoms with E-state index < -0.39 is 0 Å². The lowest BCUT2D eigenvalue weighted by molar-refractivity contribution is 0.205. The highest BCUT2D eigenvalue weighted by atomic mass is 16.5. The molecule has 0 bridgehead atoms. The van der Waals surface area contributed by atoms with Crippen molar-refractivity contribution >= 4 is 0 Å². The molecule has 0 radical (unpaired) electrons. The zero-order valence-electron chi connectivity index (χ0n) is 19.2. The van der Waals surface area contributed by atoms with Gasteiger partial charge in [0.25, 0.3) is 0 Å². The van der Waals surface area contributed by atoms with Crippen LogP contribution in [0.1, 0.15) is 54.2 Å². The number of piperidine rings is 1. The number of phenolic OH excluding ortho intramolecular Hbond substituents is 1. The number of hydrogen-bond donors (Lipinski definition) is 1. The Kier molecular flexibility index (Phi) is 6.82. The molecule has 2 aliphatic heterocycles. The van der Waals surface area contributed by atoms with Gasteiger partial charge in [0.15, 0.2) is 0 Å². The van der Waals surface area contributed by atoms with E-state index >= 15 is 0 Å². The highest BCUT2D eigenvalue weighted by Gasteiger charge is 2.33. The second-order valence-electron chi connectivity index (χ2n) is 9.20. The van der Waals surface area contributed by atoms with Gasteiger partial charge in [0.05, 0.1) is 13.2 Å². The van der Waals surface area contributed by atoms with Gasteiger partial charge >= 0.3 is 0 Å². The lowest BCUT2D eigenvalue weighted by atomic mass is 9.76. The lowest BCUT2D eigenvalue weighted by Gasteiger charge is -2.34. The van der Waals surface area contributed by atoms with E-state index in [2.05, 4.69) is 53.4 Å². The Labute approximate surface area is 196 Å². The standard InChI is InChI=1S/C29H33NO3/c31-24-12-15-28-26(20-24)29(27(21-33-28)22-8-3-1-4-9-22)23-10-13-25(14-11-23)32-19-7-18-30-16-5-2-6-17-30/h1,3-4,8-15,20,27,29,31H,2,5-7,16-19,21H2/t27-,29+/m1/s1. The van der Waals surface area contributed by atoms with Crippen LogP contribution in [0.4, 0.5) is 0 Å². The van der Waals surface area contributed by atoms with Gasteiger partial charge in [-0.15, -0.1) is 0 Å². The Morgan fingerprint density at radius 3 is 2.45 bits per heavy atom. The maximum Gasteiger partial charge on any atom is 0.123 e. The van der Waals surface area contributed by atoms with Crippen LogP contribution in [0.15, 0.2) is 72.8 Å². The van der Waals surface area contributed by atoms with E-state index in [4.69, 9.17) is 9.47 Å². The van der Waals surface area contributed by atoms with Crippen molar-refractivity contribution in [2.24, 2.45) is 0 Å². The molecule has 3 aromatic carbocycles. The fourth-order valence-corrected chi connectivity index (χ4v) is 5.24. The van der Waals surface area contributed by atoms with E-state index in [0.717, 1.165) is 36.6 Å². The first kappa shape index (κ1) is 21.8. The summed E-state index contributed by atoms with van der Waals surface area (Å²) in [5.74, 6) is 2.32. The number of benzene rings is 3. The summed E-state index contributed by atoms with van der Waals surface area (Å²) < 4.78 is 12.1. The predicted molar refractivity (Wildman–Crippen MR) is 131 cm³/mol. The van der Waals surface area contributed by atoms with Crippen LogP contribution < -0.4 is 9.47 Å². The third kappa shape index (κ3) is 5.17. The van der Waals surface area contributed by atoms with Crippen molar-refractivity contribution in [3.05, 3.63) is 89.5 Å². The summed E-state index contributed by atoms with van der Waals surface area (Å²) in [5.41, 5.74) is 3.49. The first-order chi connectivity index (χ1) is 16.3. The number of likely N-dealkylation sites (tertiary alicyclic amines) is 1. The Hall–Kier alpha value is -2.98. The Morgan fingerprint density at radius 1 is 0.879 bits per heavy atom. The molecule has 172 valence electrons. The van der Waals surface area contributed by atoms with Crippen molar-refractivity contribution in [2.45, 2.75) is 37.5 Å². The third-order valence-corrected chi connectivity index (χ3v) is 6.95. The molecule has 4 nitrogen and oxygen atoms in total. The van der Waals surface area contributed by atoms with Crippen molar-refractivity contribution in [2.75, 3.05) is 32.8 Å². The zero-order chi connectivity index (χ0) is 22.5. The maximum absolute atomic E-state index is 10.2. The van der Waals surface area contributed by atoms with Gasteiger partial charge in [0.1, 0.15) is 17.2 Å². The van der Waals surface area contributed by atoms with Gasteiger partial charge in [-0.2, -0.15) is 0 Å². The molecule has 2 heterocycles. The normalized spacial score (nSPS) is 20.6. The number of ether oxygens (including phenoxy) is 2. The molecule has 33 heavy (non-hydrogen) atoms. The lowest BCUT2D eigenvalue weighted by Crippen LogP contribution is -2.31. The molecule has 2 aliphatic rings. The average Bonchev–Trinajstić information content (AvgIpc) is 2.87. The Balaban J connectivity index is 1.31. The summed E-state index contributed by atoms with van der Waals surface area (Å²) in [6.07, 6.45) is 5.10. The van der Waals surface area contributed by atoms with Gasteiger partial charge in [0, 0.05) is 23.9 Å². The highest BCUT2D eigenvalue weighted by Crippen LogP contribution is 2.47. The Bertz CT molecular complexity index is 1030. The van der Waals surface area contributed by atoms with Crippen molar-refractivity contribution < 1.29 is 14.6 Å². The molecular formula is C29H33NO3. The molecule has 0 aromatic heterocycles. The van der Waals surface area contributed by atoms with Gasteiger partial charge < -0.3 is 19.5 Å². The summed E-state index contributed by atoms with van der Waals surface area (Å²) in [7, 11) is 0. The molecular weight excluding hydrogens is 410 g/mol. The summed E-state index contributed by atoms with van der Waals surface area (Å²) in [6, 6.07) is 24.4. The van der Waals surface area contributed by atoms with Crippen molar-refractivity contribution in [3.8, 4) is 17.2 Å². The molecule has 1 saturated heterocycles. The predicted octanol–water partition coefficient (Wildman–Crippen LogP) is 5.96. The molecule has 4 heteroatoms. The van der Waals surface area contributed by atoms with Gasteiger partial charge in [-0.25, -0.2) is 0 Å². The first-order valence-electron chi connectivity index (χ1n) is 12.2. The number of nitrogens with zero attached hydrogens (tertiary/aromatic N) is 1. The van der Waals surface area contributed by atoms with Gasteiger partial charge in [-0.3, -0.25) is 0 Å². The van der Waals surface area contributed by atoms with Crippen LogP contribution in [-0.4, -0.2) is 42.9 Å². The summed E-state index contributed by atoms with van der Waals surface area (Å²) in [5, 5.41) is 10.2.